The van der Waals surface area contributed by atoms with Crippen molar-refractivity contribution in [1.82, 2.24) is 15.5 Å². The first-order valence-electron chi connectivity index (χ1n) is 6.61. The molecule has 0 radical (unpaired) electrons. The first kappa shape index (κ1) is 11.6. The van der Waals surface area contributed by atoms with E-state index < -0.39 is 0 Å². The van der Waals surface area contributed by atoms with E-state index in [1.54, 1.807) is 0 Å². The maximum Gasteiger partial charge on any atom is 0.0534 e. The molecule has 2 N–H and O–H groups in total. The quantitative estimate of drug-likeness (QED) is 0.823. The highest BCUT2D eigenvalue weighted by Crippen LogP contribution is 2.20. The highest BCUT2D eigenvalue weighted by Gasteiger charge is 2.15. The van der Waals surface area contributed by atoms with Gasteiger partial charge in [-0.25, -0.2) is 0 Å². The molecule has 90 valence electrons. The van der Waals surface area contributed by atoms with Crippen molar-refractivity contribution >= 4 is 0 Å². The molecule has 3 heteroatoms. The van der Waals surface area contributed by atoms with Crippen LogP contribution < -0.4 is 5.32 Å². The first-order valence-corrected chi connectivity index (χ1v) is 6.61. The lowest BCUT2D eigenvalue weighted by molar-refractivity contribution is 0.363. The number of H-pyrrole nitrogens is 1. The van der Waals surface area contributed by atoms with Crippen LogP contribution in [0, 0.1) is 0 Å². The molecule has 1 aromatic heterocycles. The second-order valence-corrected chi connectivity index (χ2v) is 4.96. The second-order valence-electron chi connectivity index (χ2n) is 4.96. The predicted octanol–water partition coefficient (Wildman–Crippen LogP) is 3.17. The smallest absolute Gasteiger partial charge is 0.0534 e. The molecule has 3 nitrogen and oxygen atoms in total. The van der Waals surface area contributed by atoms with Gasteiger partial charge in [0.1, 0.15) is 0 Å². The van der Waals surface area contributed by atoms with E-state index in [1.807, 2.05) is 12.4 Å². The van der Waals surface area contributed by atoms with Gasteiger partial charge in [0.2, 0.25) is 0 Å². The average Bonchev–Trinajstić information content (AvgIpc) is 2.74. The molecule has 1 saturated carbocycles. The molecular weight excluding hydrogens is 198 g/mol. The zero-order valence-electron chi connectivity index (χ0n) is 10.2. The maximum atomic E-state index is 4.00. The Balaban J connectivity index is 1.82. The van der Waals surface area contributed by atoms with Crippen molar-refractivity contribution in [3.05, 3.63) is 18.0 Å². The van der Waals surface area contributed by atoms with Crippen molar-refractivity contribution < 1.29 is 0 Å². The fourth-order valence-corrected chi connectivity index (χ4v) is 2.57. The van der Waals surface area contributed by atoms with Crippen LogP contribution in [0.4, 0.5) is 0 Å². The van der Waals surface area contributed by atoms with Gasteiger partial charge in [0, 0.05) is 23.8 Å². The summed E-state index contributed by atoms with van der Waals surface area (Å²) in [6.07, 6.45) is 13.6. The lowest BCUT2D eigenvalue weighted by Crippen LogP contribution is -2.31. The zero-order chi connectivity index (χ0) is 11.2. The Kier molecular flexibility index (Phi) is 4.40. The molecule has 0 saturated heterocycles. The van der Waals surface area contributed by atoms with E-state index in [4.69, 9.17) is 0 Å². The Morgan fingerprint density at radius 1 is 1.25 bits per heavy atom. The normalized spacial score (nSPS) is 21.3. The van der Waals surface area contributed by atoms with Crippen molar-refractivity contribution in [1.29, 1.82) is 0 Å². The highest BCUT2D eigenvalue weighted by molar-refractivity contribution is 5.08. The molecule has 1 unspecified atom stereocenters. The third-order valence-corrected chi connectivity index (χ3v) is 3.61. The van der Waals surface area contributed by atoms with Crippen LogP contribution in [-0.2, 0) is 0 Å². The van der Waals surface area contributed by atoms with Crippen LogP contribution in [0.25, 0.3) is 0 Å². The fraction of sp³-hybridized carbons (Fsp3) is 0.769. The summed E-state index contributed by atoms with van der Waals surface area (Å²) >= 11 is 0. The molecule has 0 spiro atoms. The lowest BCUT2D eigenvalue weighted by Gasteiger charge is -2.24. The molecule has 0 bridgehead atoms. The number of hydrogen-bond donors (Lipinski definition) is 2. The Morgan fingerprint density at radius 2 is 1.94 bits per heavy atom. The molecule has 0 aromatic carbocycles. The summed E-state index contributed by atoms with van der Waals surface area (Å²) in [5.74, 6) is 0. The third kappa shape index (κ3) is 3.34. The van der Waals surface area contributed by atoms with Gasteiger partial charge < -0.3 is 5.32 Å². The summed E-state index contributed by atoms with van der Waals surface area (Å²) in [4.78, 5) is 0. The topological polar surface area (TPSA) is 40.7 Å². The van der Waals surface area contributed by atoms with Crippen molar-refractivity contribution in [3.63, 3.8) is 0 Å². The predicted molar refractivity (Wildman–Crippen MR) is 66.2 cm³/mol. The van der Waals surface area contributed by atoms with Crippen LogP contribution in [0.1, 0.15) is 63.5 Å². The average molecular weight is 221 g/mol. The van der Waals surface area contributed by atoms with Crippen LogP contribution in [0.3, 0.4) is 0 Å². The molecule has 1 fully saturated rings. The molecular formula is C13H23N3. The number of aromatic nitrogens is 2. The molecule has 0 aliphatic heterocycles. The van der Waals surface area contributed by atoms with E-state index in [9.17, 15) is 0 Å². The van der Waals surface area contributed by atoms with Crippen molar-refractivity contribution in [2.75, 3.05) is 0 Å². The van der Waals surface area contributed by atoms with Crippen molar-refractivity contribution in [3.8, 4) is 0 Å². The summed E-state index contributed by atoms with van der Waals surface area (Å²) in [5, 5.41) is 10.6. The molecule has 1 heterocycles. The lowest BCUT2D eigenvalue weighted by atomic mass is 9.96. The minimum atomic E-state index is 0.420. The molecule has 1 atom stereocenters. The van der Waals surface area contributed by atoms with E-state index in [0.29, 0.717) is 12.1 Å². The molecule has 2 rings (SSSR count). The van der Waals surface area contributed by atoms with E-state index in [2.05, 4.69) is 22.4 Å². The molecule has 1 aliphatic carbocycles. The van der Waals surface area contributed by atoms with Crippen LogP contribution in [-0.4, -0.2) is 16.2 Å². The molecule has 16 heavy (non-hydrogen) atoms. The van der Waals surface area contributed by atoms with Gasteiger partial charge in [0.25, 0.3) is 0 Å². The summed E-state index contributed by atoms with van der Waals surface area (Å²) in [6, 6.07) is 1.12. The van der Waals surface area contributed by atoms with Gasteiger partial charge in [0.15, 0.2) is 0 Å². The molecule has 1 aromatic rings. The van der Waals surface area contributed by atoms with E-state index in [1.165, 1.54) is 50.5 Å². The summed E-state index contributed by atoms with van der Waals surface area (Å²) in [6.45, 7) is 2.23. The highest BCUT2D eigenvalue weighted by atomic mass is 15.1. The third-order valence-electron chi connectivity index (χ3n) is 3.61. The largest absolute Gasteiger partial charge is 0.307 e. The summed E-state index contributed by atoms with van der Waals surface area (Å²) in [5.41, 5.74) is 1.27. The van der Waals surface area contributed by atoms with E-state index >= 15 is 0 Å². The molecule has 1 aliphatic rings. The van der Waals surface area contributed by atoms with Crippen molar-refractivity contribution in [2.45, 2.75) is 64.0 Å². The monoisotopic (exact) mass is 221 g/mol. The van der Waals surface area contributed by atoms with E-state index in [0.717, 1.165) is 0 Å². The van der Waals surface area contributed by atoms with Gasteiger partial charge in [0.05, 0.1) is 6.20 Å². The number of nitrogens with one attached hydrogen (secondary N) is 2. The Bertz CT molecular complexity index is 273. The number of aromatic amines is 1. The first-order chi connectivity index (χ1) is 7.86. The maximum absolute atomic E-state index is 4.00. The zero-order valence-corrected chi connectivity index (χ0v) is 10.2. The van der Waals surface area contributed by atoms with Crippen LogP contribution >= 0.6 is 0 Å². The number of nitrogens with zero attached hydrogens (tertiary/aromatic N) is 1. The van der Waals surface area contributed by atoms with Gasteiger partial charge >= 0.3 is 0 Å². The van der Waals surface area contributed by atoms with Gasteiger partial charge in [-0.05, 0) is 19.8 Å². The minimum absolute atomic E-state index is 0.420. The minimum Gasteiger partial charge on any atom is -0.307 e. The summed E-state index contributed by atoms with van der Waals surface area (Å²) < 4.78 is 0. The molecule has 0 amide bonds. The number of hydrogen-bond acceptors (Lipinski definition) is 2. The Morgan fingerprint density at radius 3 is 2.56 bits per heavy atom. The summed E-state index contributed by atoms with van der Waals surface area (Å²) in [7, 11) is 0. The van der Waals surface area contributed by atoms with Gasteiger partial charge in [-0.2, -0.15) is 5.10 Å². The van der Waals surface area contributed by atoms with Crippen LogP contribution in [0.15, 0.2) is 12.4 Å². The number of rotatable bonds is 3. The Hall–Kier alpha value is -0.830. The van der Waals surface area contributed by atoms with Crippen LogP contribution in [0.2, 0.25) is 0 Å². The van der Waals surface area contributed by atoms with E-state index in [-0.39, 0.29) is 0 Å². The van der Waals surface area contributed by atoms with Gasteiger partial charge in [-0.3, -0.25) is 5.10 Å². The van der Waals surface area contributed by atoms with Crippen LogP contribution in [0.5, 0.6) is 0 Å². The van der Waals surface area contributed by atoms with Crippen molar-refractivity contribution in [2.24, 2.45) is 0 Å². The second kappa shape index (κ2) is 6.04. The van der Waals surface area contributed by atoms with Gasteiger partial charge in [-0.1, -0.05) is 32.1 Å². The standard InChI is InChI=1S/C13H23N3/c1-11(12-9-14-15-10-12)16-13-7-5-3-2-4-6-8-13/h9-11,13,16H,2-8H2,1H3,(H,14,15). The SMILES string of the molecule is CC(NC1CCCCCCC1)c1cn[nH]c1. The van der Waals surface area contributed by atoms with Gasteiger partial charge in [-0.15, -0.1) is 0 Å². The fourth-order valence-electron chi connectivity index (χ4n) is 2.57. The Labute approximate surface area is 98.0 Å².